The lowest BCUT2D eigenvalue weighted by Crippen LogP contribution is -2.20. The van der Waals surface area contributed by atoms with E-state index in [1.54, 1.807) is 48.4 Å². The summed E-state index contributed by atoms with van der Waals surface area (Å²) in [6.07, 6.45) is 5.13. The fourth-order valence-corrected chi connectivity index (χ4v) is 4.89. The molecule has 0 saturated carbocycles. The normalized spacial score (nSPS) is 11.8. The molecule has 2 aromatic carbocycles. The van der Waals surface area contributed by atoms with Crippen molar-refractivity contribution in [3.05, 3.63) is 98.6 Å². The van der Waals surface area contributed by atoms with Gasteiger partial charge in [-0.1, -0.05) is 17.7 Å². The molecule has 3 heterocycles. The van der Waals surface area contributed by atoms with E-state index < -0.39 is 0 Å². The number of nitrogens with zero attached hydrogens (tertiary/aromatic N) is 6. The maximum atomic E-state index is 13.6. The van der Waals surface area contributed by atoms with Crippen molar-refractivity contribution in [2.24, 2.45) is 7.05 Å². The third kappa shape index (κ3) is 4.97. The molecule has 0 aliphatic carbocycles. The molecule has 39 heavy (non-hydrogen) atoms. The Morgan fingerprint density at radius 2 is 1.74 bits per heavy atom. The van der Waals surface area contributed by atoms with Gasteiger partial charge in [0.25, 0.3) is 5.56 Å². The summed E-state index contributed by atoms with van der Waals surface area (Å²) in [6, 6.07) is 13.1. The van der Waals surface area contributed by atoms with E-state index in [9.17, 15) is 10.1 Å². The van der Waals surface area contributed by atoms with Crippen LogP contribution in [0.1, 0.15) is 41.2 Å². The van der Waals surface area contributed by atoms with Crippen molar-refractivity contribution in [1.29, 1.82) is 5.26 Å². The van der Waals surface area contributed by atoms with Crippen molar-refractivity contribution < 1.29 is 0 Å². The molecule has 5 rings (SSSR count). The van der Waals surface area contributed by atoms with Gasteiger partial charge in [-0.2, -0.15) is 5.26 Å². The van der Waals surface area contributed by atoms with E-state index in [2.05, 4.69) is 32.4 Å². The Balaban J connectivity index is 1.63. The van der Waals surface area contributed by atoms with Gasteiger partial charge in [0.1, 0.15) is 11.9 Å². The van der Waals surface area contributed by atoms with Gasteiger partial charge in [0.15, 0.2) is 5.82 Å². The fourth-order valence-electron chi connectivity index (χ4n) is 4.72. The summed E-state index contributed by atoms with van der Waals surface area (Å²) in [5.41, 5.74) is 5.84. The van der Waals surface area contributed by atoms with Crippen molar-refractivity contribution in [2.75, 3.05) is 5.32 Å². The van der Waals surface area contributed by atoms with E-state index >= 15 is 0 Å². The van der Waals surface area contributed by atoms with Gasteiger partial charge < -0.3 is 9.88 Å². The quantitative estimate of drug-likeness (QED) is 0.290. The van der Waals surface area contributed by atoms with Crippen molar-refractivity contribution in [1.82, 2.24) is 24.5 Å². The molecule has 5 aromatic rings. The number of rotatable bonds is 5. The number of anilines is 1. The molecule has 1 N–H and O–H groups in total. The van der Waals surface area contributed by atoms with Crippen molar-refractivity contribution in [3.8, 4) is 28.7 Å². The summed E-state index contributed by atoms with van der Waals surface area (Å²) in [7, 11) is 1.76. The average Bonchev–Trinajstić information content (AvgIpc) is 2.92. The Hall–Kier alpha value is -4.61. The zero-order valence-corrected chi connectivity index (χ0v) is 23.0. The van der Waals surface area contributed by atoms with Crippen LogP contribution < -0.4 is 10.9 Å². The van der Waals surface area contributed by atoms with E-state index in [1.165, 1.54) is 0 Å². The van der Waals surface area contributed by atoms with Gasteiger partial charge in [-0.05, 0) is 74.5 Å². The number of nitrogens with one attached hydrogen (secondary N) is 1. The number of hydrogen-bond donors (Lipinski definition) is 1. The fraction of sp³-hybridized carbons (Fsp3) is 0.200. The van der Waals surface area contributed by atoms with Crippen LogP contribution in [0.5, 0.6) is 0 Å². The number of fused-ring (bicyclic) bond motifs is 1. The third-order valence-corrected chi connectivity index (χ3v) is 7.00. The molecule has 0 aliphatic heterocycles. The lowest BCUT2D eigenvalue weighted by Gasteiger charge is -2.21. The Kier molecular flexibility index (Phi) is 6.85. The molecule has 0 amide bonds. The lowest BCUT2D eigenvalue weighted by molar-refractivity contribution is 0.869. The summed E-state index contributed by atoms with van der Waals surface area (Å²) < 4.78 is 1.64. The zero-order valence-electron chi connectivity index (χ0n) is 22.2. The minimum atomic E-state index is -0.207. The molecule has 0 radical (unpaired) electrons. The maximum Gasteiger partial charge on any atom is 0.258 e. The molecular formula is C30H26ClN7O. The first kappa shape index (κ1) is 26.0. The van der Waals surface area contributed by atoms with E-state index in [0.717, 1.165) is 33.3 Å². The van der Waals surface area contributed by atoms with Crippen molar-refractivity contribution in [3.63, 3.8) is 0 Å². The van der Waals surface area contributed by atoms with Gasteiger partial charge in [0.05, 0.1) is 28.2 Å². The summed E-state index contributed by atoms with van der Waals surface area (Å²) in [4.78, 5) is 31.3. The van der Waals surface area contributed by atoms with E-state index in [-0.39, 0.29) is 11.6 Å². The number of aromatic nitrogens is 5. The molecule has 3 aromatic heterocycles. The zero-order chi connectivity index (χ0) is 27.8. The van der Waals surface area contributed by atoms with Crippen LogP contribution in [0.2, 0.25) is 5.02 Å². The minimum Gasteiger partial charge on any atom is -0.377 e. The lowest BCUT2D eigenvalue weighted by atomic mass is 9.95. The predicted octanol–water partition coefficient (Wildman–Crippen LogP) is 6.08. The first-order valence-electron chi connectivity index (χ1n) is 12.4. The monoisotopic (exact) mass is 535 g/mol. The molecule has 0 saturated heterocycles. The second-order valence-corrected chi connectivity index (χ2v) is 10.0. The van der Waals surface area contributed by atoms with Crippen LogP contribution in [-0.4, -0.2) is 24.5 Å². The molecule has 9 heteroatoms. The van der Waals surface area contributed by atoms with Crippen LogP contribution in [0.25, 0.3) is 33.4 Å². The van der Waals surface area contributed by atoms with Gasteiger partial charge in [-0.15, -0.1) is 0 Å². The number of benzene rings is 2. The minimum absolute atomic E-state index is 0.112. The van der Waals surface area contributed by atoms with Gasteiger partial charge in [-0.3, -0.25) is 4.79 Å². The number of aryl methyl sites for hydroxylation is 3. The summed E-state index contributed by atoms with van der Waals surface area (Å²) in [5.74, 6) is 1.19. The average molecular weight is 536 g/mol. The smallest absolute Gasteiger partial charge is 0.258 e. The molecule has 0 unspecified atom stereocenters. The second kappa shape index (κ2) is 10.3. The van der Waals surface area contributed by atoms with Crippen LogP contribution in [0, 0.1) is 32.1 Å². The highest BCUT2D eigenvalue weighted by Gasteiger charge is 2.18. The molecule has 0 spiro atoms. The number of nitriles is 1. The first-order valence-corrected chi connectivity index (χ1v) is 12.8. The molecule has 1 atom stereocenters. The van der Waals surface area contributed by atoms with Crippen molar-refractivity contribution >= 4 is 28.1 Å². The van der Waals surface area contributed by atoms with Crippen LogP contribution in [-0.2, 0) is 7.05 Å². The summed E-state index contributed by atoms with van der Waals surface area (Å²) in [6.45, 7) is 7.70. The van der Waals surface area contributed by atoms with Gasteiger partial charge >= 0.3 is 0 Å². The highest BCUT2D eigenvalue weighted by molar-refractivity contribution is 6.30. The Labute approximate surface area is 231 Å². The standard InChI is InChI=1S/C30H26ClN7O/c1-16-8-23(17(2)36-27-7-6-22(31)10-20(27)12-32)24-11-28(38(5)30(39)25(24)9-16)26-15-35-29(37-18(26)3)21-13-33-19(4)34-14-21/h6-11,13-15,17,36H,1-5H3/t17-/m1/s1. The van der Waals surface area contributed by atoms with Gasteiger partial charge in [0, 0.05) is 47.7 Å². The summed E-state index contributed by atoms with van der Waals surface area (Å²) in [5, 5.41) is 15.0. The largest absolute Gasteiger partial charge is 0.377 e. The molecule has 0 aliphatic rings. The maximum absolute atomic E-state index is 13.6. The highest BCUT2D eigenvalue weighted by Crippen LogP contribution is 2.32. The predicted molar refractivity (Wildman–Crippen MR) is 154 cm³/mol. The molecule has 0 fully saturated rings. The molecule has 8 nitrogen and oxygen atoms in total. The SMILES string of the molecule is Cc1cc([C@@H](C)Nc2ccc(Cl)cc2C#N)c2cc(-c3cnc(-c4cnc(C)nc4)nc3C)n(C)c(=O)c2c1. The first-order chi connectivity index (χ1) is 18.7. The molecule has 194 valence electrons. The van der Waals surface area contributed by atoms with Crippen molar-refractivity contribution in [2.45, 2.75) is 33.7 Å². The van der Waals surface area contributed by atoms with Crippen LogP contribution in [0.3, 0.4) is 0 Å². The Morgan fingerprint density at radius 3 is 2.44 bits per heavy atom. The van der Waals surface area contributed by atoms with Gasteiger partial charge in [-0.25, -0.2) is 19.9 Å². The van der Waals surface area contributed by atoms with E-state index in [1.807, 2.05) is 39.8 Å². The number of hydrogen-bond acceptors (Lipinski definition) is 7. The Bertz CT molecular complexity index is 1840. The summed E-state index contributed by atoms with van der Waals surface area (Å²) >= 11 is 6.09. The topological polar surface area (TPSA) is 109 Å². The number of pyridine rings is 1. The molecule has 0 bridgehead atoms. The molecular weight excluding hydrogens is 510 g/mol. The Morgan fingerprint density at radius 1 is 1.00 bits per heavy atom. The number of halogens is 1. The third-order valence-electron chi connectivity index (χ3n) is 6.77. The highest BCUT2D eigenvalue weighted by atomic mass is 35.5. The van der Waals surface area contributed by atoms with Gasteiger partial charge in [0.2, 0.25) is 0 Å². The second-order valence-electron chi connectivity index (χ2n) is 9.59. The van der Waals surface area contributed by atoms with Crippen LogP contribution in [0.15, 0.2) is 59.8 Å². The van der Waals surface area contributed by atoms with Crippen LogP contribution >= 0.6 is 11.6 Å². The van der Waals surface area contributed by atoms with E-state index in [0.29, 0.717) is 39.0 Å². The van der Waals surface area contributed by atoms with E-state index in [4.69, 9.17) is 16.6 Å². The van der Waals surface area contributed by atoms with Crippen LogP contribution in [0.4, 0.5) is 5.69 Å².